The van der Waals surface area contributed by atoms with Gasteiger partial charge in [-0.05, 0) is 25.8 Å². The number of nitrogens with zero attached hydrogens (tertiary/aromatic N) is 2. The van der Waals surface area contributed by atoms with Crippen molar-refractivity contribution in [3.63, 3.8) is 0 Å². The van der Waals surface area contributed by atoms with Crippen molar-refractivity contribution in [3.05, 3.63) is 34.4 Å². The van der Waals surface area contributed by atoms with E-state index in [2.05, 4.69) is 18.0 Å². The average Bonchev–Trinajstić information content (AvgIpc) is 2.51. The van der Waals surface area contributed by atoms with Gasteiger partial charge in [0.25, 0.3) is 0 Å². The zero-order valence-corrected chi connectivity index (χ0v) is 8.10. The summed E-state index contributed by atoms with van der Waals surface area (Å²) in [4.78, 5) is 15.2. The average molecular weight is 191 g/mol. The molecule has 0 saturated heterocycles. The summed E-state index contributed by atoms with van der Waals surface area (Å²) in [6, 6.07) is 1.82. The number of allylic oxidation sites excluding steroid dienone is 2. The van der Waals surface area contributed by atoms with Gasteiger partial charge in [0.15, 0.2) is 0 Å². The molecule has 14 heavy (non-hydrogen) atoms. The van der Waals surface area contributed by atoms with Crippen molar-refractivity contribution in [2.45, 2.75) is 25.8 Å². The van der Waals surface area contributed by atoms with Gasteiger partial charge in [-0.25, -0.2) is 4.79 Å². The van der Waals surface area contributed by atoms with Gasteiger partial charge in [-0.15, -0.1) is 0 Å². The summed E-state index contributed by atoms with van der Waals surface area (Å²) in [5, 5.41) is 0. The molecule has 4 heteroatoms. The van der Waals surface area contributed by atoms with E-state index in [4.69, 9.17) is 5.73 Å². The van der Waals surface area contributed by atoms with E-state index in [1.54, 1.807) is 16.8 Å². The van der Waals surface area contributed by atoms with Crippen LogP contribution in [0.3, 0.4) is 0 Å². The summed E-state index contributed by atoms with van der Waals surface area (Å²) >= 11 is 0. The zero-order chi connectivity index (χ0) is 10.1. The number of aromatic nitrogens is 2. The van der Waals surface area contributed by atoms with Gasteiger partial charge in [0.05, 0.1) is 6.04 Å². The molecule has 1 aliphatic carbocycles. The van der Waals surface area contributed by atoms with E-state index in [9.17, 15) is 4.79 Å². The van der Waals surface area contributed by atoms with Gasteiger partial charge in [-0.1, -0.05) is 11.6 Å². The quantitative estimate of drug-likeness (QED) is 0.676. The van der Waals surface area contributed by atoms with E-state index < -0.39 is 0 Å². The number of nitrogens with two attached hydrogens (primary N) is 1. The molecular weight excluding hydrogens is 178 g/mol. The van der Waals surface area contributed by atoms with Crippen LogP contribution in [-0.4, -0.2) is 9.55 Å². The Hall–Kier alpha value is -1.58. The summed E-state index contributed by atoms with van der Waals surface area (Å²) < 4.78 is 1.63. The van der Waals surface area contributed by atoms with Gasteiger partial charge in [-0.2, -0.15) is 4.98 Å². The highest BCUT2D eigenvalue weighted by Gasteiger charge is 2.15. The van der Waals surface area contributed by atoms with E-state index in [0.717, 1.165) is 12.8 Å². The number of anilines is 1. The lowest BCUT2D eigenvalue weighted by Gasteiger charge is -2.10. The predicted molar refractivity (Wildman–Crippen MR) is 54.9 cm³/mol. The van der Waals surface area contributed by atoms with Gasteiger partial charge < -0.3 is 5.73 Å². The summed E-state index contributed by atoms with van der Waals surface area (Å²) in [5.41, 5.74) is 6.48. The highest BCUT2D eigenvalue weighted by Crippen LogP contribution is 2.26. The minimum Gasteiger partial charge on any atom is -0.383 e. The van der Waals surface area contributed by atoms with Crippen LogP contribution in [0.1, 0.15) is 25.8 Å². The second-order valence-electron chi connectivity index (χ2n) is 3.66. The van der Waals surface area contributed by atoms with Crippen molar-refractivity contribution in [2.75, 3.05) is 5.73 Å². The third-order valence-corrected chi connectivity index (χ3v) is 2.52. The Kier molecular flexibility index (Phi) is 2.11. The van der Waals surface area contributed by atoms with Crippen molar-refractivity contribution in [3.8, 4) is 0 Å². The maximum Gasteiger partial charge on any atom is 0.350 e. The Bertz CT molecular complexity index is 433. The van der Waals surface area contributed by atoms with Crippen molar-refractivity contribution >= 4 is 5.82 Å². The standard InChI is InChI=1S/C10H13N3O/c1-7-2-3-8(6-7)13-5-4-9(11)12-10(13)14/h4-6,8H,2-3H2,1H3,(H2,11,12,14). The molecule has 1 aromatic heterocycles. The van der Waals surface area contributed by atoms with E-state index in [-0.39, 0.29) is 17.5 Å². The predicted octanol–water partition coefficient (Wildman–Crippen LogP) is 1.11. The van der Waals surface area contributed by atoms with Crippen LogP contribution in [0.25, 0.3) is 0 Å². The number of hydrogen-bond donors (Lipinski definition) is 1. The molecule has 1 aromatic rings. The van der Waals surface area contributed by atoms with E-state index >= 15 is 0 Å². The van der Waals surface area contributed by atoms with Gasteiger partial charge >= 0.3 is 5.69 Å². The first-order valence-corrected chi connectivity index (χ1v) is 4.69. The monoisotopic (exact) mass is 191 g/mol. The van der Waals surface area contributed by atoms with Crippen LogP contribution in [-0.2, 0) is 0 Å². The second-order valence-corrected chi connectivity index (χ2v) is 3.66. The third-order valence-electron chi connectivity index (χ3n) is 2.52. The summed E-state index contributed by atoms with van der Waals surface area (Å²) in [5.74, 6) is 0.282. The molecule has 0 bridgehead atoms. The summed E-state index contributed by atoms with van der Waals surface area (Å²) in [7, 11) is 0. The van der Waals surface area contributed by atoms with E-state index in [1.165, 1.54) is 5.57 Å². The first kappa shape index (κ1) is 8.99. The Labute approximate surface area is 82.1 Å². The molecule has 1 atom stereocenters. The van der Waals surface area contributed by atoms with Crippen molar-refractivity contribution in [1.29, 1.82) is 0 Å². The molecule has 4 nitrogen and oxygen atoms in total. The zero-order valence-electron chi connectivity index (χ0n) is 8.10. The molecule has 0 aliphatic heterocycles. The van der Waals surface area contributed by atoms with Gasteiger partial charge in [0, 0.05) is 6.20 Å². The lowest BCUT2D eigenvalue weighted by molar-refractivity contribution is 0.558. The molecule has 1 aliphatic rings. The highest BCUT2D eigenvalue weighted by molar-refractivity contribution is 5.24. The molecule has 2 rings (SSSR count). The Morgan fingerprint density at radius 1 is 1.64 bits per heavy atom. The molecule has 0 saturated carbocycles. The second kappa shape index (κ2) is 3.29. The Balaban J connectivity index is 2.38. The largest absolute Gasteiger partial charge is 0.383 e. The molecular formula is C10H13N3O. The molecule has 0 spiro atoms. The van der Waals surface area contributed by atoms with Gasteiger partial charge in [-0.3, -0.25) is 4.57 Å². The maximum atomic E-state index is 11.5. The number of nitrogen functional groups attached to an aromatic ring is 1. The maximum absolute atomic E-state index is 11.5. The summed E-state index contributed by atoms with van der Waals surface area (Å²) in [6.45, 7) is 2.08. The van der Waals surface area contributed by atoms with Crippen molar-refractivity contribution in [1.82, 2.24) is 9.55 Å². The van der Waals surface area contributed by atoms with Crippen LogP contribution in [0.4, 0.5) is 5.82 Å². The molecule has 1 heterocycles. The van der Waals surface area contributed by atoms with E-state index in [0.29, 0.717) is 0 Å². The molecule has 1 unspecified atom stereocenters. The van der Waals surface area contributed by atoms with Crippen LogP contribution in [0.15, 0.2) is 28.7 Å². The smallest absolute Gasteiger partial charge is 0.350 e. The third kappa shape index (κ3) is 1.55. The molecule has 2 N–H and O–H groups in total. The lowest BCUT2D eigenvalue weighted by Crippen LogP contribution is -2.25. The van der Waals surface area contributed by atoms with Crippen LogP contribution < -0.4 is 11.4 Å². The number of rotatable bonds is 1. The van der Waals surface area contributed by atoms with Gasteiger partial charge in [0.2, 0.25) is 0 Å². The Morgan fingerprint density at radius 3 is 3.00 bits per heavy atom. The molecule has 0 aromatic carbocycles. The van der Waals surface area contributed by atoms with Crippen molar-refractivity contribution < 1.29 is 0 Å². The highest BCUT2D eigenvalue weighted by atomic mass is 16.1. The fraction of sp³-hybridized carbons (Fsp3) is 0.400. The summed E-state index contributed by atoms with van der Waals surface area (Å²) in [6.07, 6.45) is 5.86. The fourth-order valence-corrected chi connectivity index (χ4v) is 1.77. The minimum absolute atomic E-state index is 0.163. The topological polar surface area (TPSA) is 60.9 Å². The molecule has 74 valence electrons. The first-order valence-electron chi connectivity index (χ1n) is 4.69. The Morgan fingerprint density at radius 2 is 2.43 bits per heavy atom. The molecule has 0 fully saturated rings. The fourth-order valence-electron chi connectivity index (χ4n) is 1.77. The normalized spacial score (nSPS) is 20.9. The van der Waals surface area contributed by atoms with Gasteiger partial charge in [0.1, 0.15) is 5.82 Å². The van der Waals surface area contributed by atoms with Crippen LogP contribution in [0.5, 0.6) is 0 Å². The SMILES string of the molecule is CC1=CC(n2ccc(N)nc2=O)CC1. The minimum atomic E-state index is -0.263. The van der Waals surface area contributed by atoms with E-state index in [1.807, 2.05) is 0 Å². The molecule has 0 radical (unpaired) electrons. The van der Waals surface area contributed by atoms with Crippen LogP contribution in [0, 0.1) is 0 Å². The van der Waals surface area contributed by atoms with Crippen LogP contribution >= 0.6 is 0 Å². The number of hydrogen-bond acceptors (Lipinski definition) is 3. The molecule has 0 amide bonds. The first-order chi connectivity index (χ1) is 6.66. The lowest BCUT2D eigenvalue weighted by atomic mass is 10.2. The van der Waals surface area contributed by atoms with Crippen LogP contribution in [0.2, 0.25) is 0 Å². The van der Waals surface area contributed by atoms with Crippen molar-refractivity contribution in [2.24, 2.45) is 0 Å².